The van der Waals surface area contributed by atoms with Gasteiger partial charge >= 0.3 is 0 Å². The van der Waals surface area contributed by atoms with E-state index < -0.39 is 0 Å². The van der Waals surface area contributed by atoms with Gasteiger partial charge in [0.25, 0.3) is 0 Å². The Labute approximate surface area is 130 Å². The molecular formula is C15H22Cl2N2O. The third-order valence-electron chi connectivity index (χ3n) is 3.33. The SMILES string of the molecule is CC(CCN)CCC(=O)NC(C)c1ccc(Cl)cc1Cl. The molecule has 0 aliphatic heterocycles. The number of benzene rings is 1. The summed E-state index contributed by atoms with van der Waals surface area (Å²) in [7, 11) is 0. The van der Waals surface area contributed by atoms with Gasteiger partial charge in [0.1, 0.15) is 0 Å². The summed E-state index contributed by atoms with van der Waals surface area (Å²) in [6, 6.07) is 5.17. The van der Waals surface area contributed by atoms with Crippen LogP contribution in [0.25, 0.3) is 0 Å². The second-order valence-corrected chi connectivity index (χ2v) is 6.02. The summed E-state index contributed by atoms with van der Waals surface area (Å²) in [5, 5.41) is 4.12. The summed E-state index contributed by atoms with van der Waals surface area (Å²) in [6.45, 7) is 4.69. The van der Waals surface area contributed by atoms with Crippen LogP contribution in [0.15, 0.2) is 18.2 Å². The minimum Gasteiger partial charge on any atom is -0.350 e. The first-order valence-electron chi connectivity index (χ1n) is 6.88. The molecular weight excluding hydrogens is 295 g/mol. The minimum absolute atomic E-state index is 0.0346. The number of halogens is 2. The molecule has 2 unspecified atom stereocenters. The monoisotopic (exact) mass is 316 g/mol. The zero-order chi connectivity index (χ0) is 15.1. The summed E-state index contributed by atoms with van der Waals surface area (Å²) in [5.41, 5.74) is 6.37. The predicted octanol–water partition coefficient (Wildman–Crippen LogP) is 3.94. The van der Waals surface area contributed by atoms with Crippen LogP contribution in [-0.4, -0.2) is 12.5 Å². The molecule has 3 N–H and O–H groups in total. The quantitative estimate of drug-likeness (QED) is 0.800. The Kier molecular flexibility index (Phi) is 7.35. The Morgan fingerprint density at radius 3 is 2.60 bits per heavy atom. The van der Waals surface area contributed by atoms with Crippen molar-refractivity contribution in [2.45, 2.75) is 39.2 Å². The lowest BCUT2D eigenvalue weighted by Gasteiger charge is -2.17. The third kappa shape index (κ3) is 5.70. The molecule has 1 amide bonds. The van der Waals surface area contributed by atoms with Crippen molar-refractivity contribution < 1.29 is 4.79 Å². The second kappa shape index (κ2) is 8.50. The molecule has 0 aliphatic carbocycles. The van der Waals surface area contributed by atoms with E-state index in [-0.39, 0.29) is 11.9 Å². The van der Waals surface area contributed by atoms with E-state index in [0.29, 0.717) is 28.9 Å². The Bertz CT molecular complexity index is 451. The highest BCUT2D eigenvalue weighted by atomic mass is 35.5. The highest BCUT2D eigenvalue weighted by Gasteiger charge is 2.13. The second-order valence-electron chi connectivity index (χ2n) is 5.18. The lowest BCUT2D eigenvalue weighted by molar-refractivity contribution is -0.122. The van der Waals surface area contributed by atoms with Crippen LogP contribution in [0.5, 0.6) is 0 Å². The molecule has 1 aromatic rings. The van der Waals surface area contributed by atoms with E-state index in [1.165, 1.54) is 0 Å². The van der Waals surface area contributed by atoms with Gasteiger partial charge in [-0.2, -0.15) is 0 Å². The van der Waals surface area contributed by atoms with Gasteiger partial charge in [0.05, 0.1) is 6.04 Å². The van der Waals surface area contributed by atoms with Gasteiger partial charge in [0.15, 0.2) is 0 Å². The van der Waals surface area contributed by atoms with Crippen molar-refractivity contribution >= 4 is 29.1 Å². The maximum Gasteiger partial charge on any atom is 0.220 e. The van der Waals surface area contributed by atoms with Gasteiger partial charge in [-0.1, -0.05) is 36.2 Å². The van der Waals surface area contributed by atoms with Crippen molar-refractivity contribution in [2.75, 3.05) is 6.54 Å². The van der Waals surface area contributed by atoms with E-state index in [0.717, 1.165) is 18.4 Å². The van der Waals surface area contributed by atoms with E-state index in [4.69, 9.17) is 28.9 Å². The number of nitrogens with one attached hydrogen (secondary N) is 1. The zero-order valence-corrected chi connectivity index (χ0v) is 13.5. The molecule has 3 nitrogen and oxygen atoms in total. The van der Waals surface area contributed by atoms with Crippen molar-refractivity contribution in [1.29, 1.82) is 0 Å². The minimum atomic E-state index is -0.128. The molecule has 0 heterocycles. The van der Waals surface area contributed by atoms with Gasteiger partial charge in [-0.3, -0.25) is 4.79 Å². The smallest absolute Gasteiger partial charge is 0.220 e. The average molecular weight is 317 g/mol. The number of carbonyl (C=O) groups is 1. The average Bonchev–Trinajstić information content (AvgIpc) is 2.36. The Hall–Kier alpha value is -0.770. The predicted molar refractivity (Wildman–Crippen MR) is 85.1 cm³/mol. The van der Waals surface area contributed by atoms with Crippen molar-refractivity contribution in [3.8, 4) is 0 Å². The van der Waals surface area contributed by atoms with E-state index >= 15 is 0 Å². The number of carbonyl (C=O) groups excluding carboxylic acids is 1. The molecule has 112 valence electrons. The standard InChI is InChI=1S/C15H22Cl2N2O/c1-10(7-8-18)3-6-15(20)19-11(2)13-5-4-12(16)9-14(13)17/h4-5,9-11H,3,6-8,18H2,1-2H3,(H,19,20). The van der Waals surface area contributed by atoms with E-state index in [9.17, 15) is 4.79 Å². The van der Waals surface area contributed by atoms with Crippen molar-refractivity contribution in [3.05, 3.63) is 33.8 Å². The summed E-state index contributed by atoms with van der Waals surface area (Å²) in [4.78, 5) is 11.9. The van der Waals surface area contributed by atoms with Gasteiger partial charge in [-0.05, 0) is 49.9 Å². The molecule has 1 rings (SSSR count). The summed E-state index contributed by atoms with van der Waals surface area (Å²) < 4.78 is 0. The number of amides is 1. The molecule has 20 heavy (non-hydrogen) atoms. The van der Waals surface area contributed by atoms with Crippen LogP contribution < -0.4 is 11.1 Å². The molecule has 0 fully saturated rings. The van der Waals surface area contributed by atoms with E-state index in [2.05, 4.69) is 12.2 Å². The van der Waals surface area contributed by atoms with E-state index in [1.807, 2.05) is 13.0 Å². The summed E-state index contributed by atoms with van der Waals surface area (Å²) in [5.74, 6) is 0.507. The molecule has 0 aliphatic rings. The fourth-order valence-corrected chi connectivity index (χ4v) is 2.62. The maximum atomic E-state index is 11.9. The van der Waals surface area contributed by atoms with Crippen LogP contribution in [0.3, 0.4) is 0 Å². The Balaban J connectivity index is 2.49. The fraction of sp³-hybridized carbons (Fsp3) is 0.533. The molecule has 0 saturated heterocycles. The fourth-order valence-electron chi connectivity index (χ4n) is 2.05. The Morgan fingerprint density at radius 1 is 1.30 bits per heavy atom. The highest BCUT2D eigenvalue weighted by Crippen LogP contribution is 2.26. The largest absolute Gasteiger partial charge is 0.350 e. The van der Waals surface area contributed by atoms with E-state index in [1.54, 1.807) is 12.1 Å². The molecule has 5 heteroatoms. The first kappa shape index (κ1) is 17.3. The Morgan fingerprint density at radius 2 is 2.00 bits per heavy atom. The van der Waals surface area contributed by atoms with Crippen LogP contribution >= 0.6 is 23.2 Å². The van der Waals surface area contributed by atoms with Crippen LogP contribution in [0.4, 0.5) is 0 Å². The third-order valence-corrected chi connectivity index (χ3v) is 3.89. The number of rotatable bonds is 7. The van der Waals surface area contributed by atoms with Gasteiger partial charge in [0.2, 0.25) is 5.91 Å². The highest BCUT2D eigenvalue weighted by molar-refractivity contribution is 6.35. The van der Waals surface area contributed by atoms with Gasteiger partial charge < -0.3 is 11.1 Å². The summed E-state index contributed by atoms with van der Waals surface area (Å²) in [6.07, 6.45) is 2.31. The van der Waals surface area contributed by atoms with Gasteiger partial charge in [0, 0.05) is 16.5 Å². The molecule has 0 radical (unpaired) electrons. The normalized spacial score (nSPS) is 13.8. The lowest BCUT2D eigenvalue weighted by Crippen LogP contribution is -2.27. The number of hydrogen-bond acceptors (Lipinski definition) is 2. The van der Waals surface area contributed by atoms with Crippen molar-refractivity contribution in [1.82, 2.24) is 5.32 Å². The number of nitrogens with two attached hydrogens (primary N) is 1. The molecule has 1 aromatic carbocycles. The first-order chi connectivity index (χ1) is 9.43. The van der Waals surface area contributed by atoms with Crippen molar-refractivity contribution in [3.63, 3.8) is 0 Å². The van der Waals surface area contributed by atoms with Crippen LogP contribution in [-0.2, 0) is 4.79 Å². The number of hydrogen-bond donors (Lipinski definition) is 2. The zero-order valence-electron chi connectivity index (χ0n) is 12.0. The molecule has 2 atom stereocenters. The lowest BCUT2D eigenvalue weighted by atomic mass is 10.0. The molecule has 0 aromatic heterocycles. The van der Waals surface area contributed by atoms with Crippen molar-refractivity contribution in [2.24, 2.45) is 11.7 Å². The maximum absolute atomic E-state index is 11.9. The van der Waals surface area contributed by atoms with Gasteiger partial charge in [-0.25, -0.2) is 0 Å². The van der Waals surface area contributed by atoms with Crippen LogP contribution in [0, 0.1) is 5.92 Å². The molecule has 0 saturated carbocycles. The molecule has 0 spiro atoms. The van der Waals surface area contributed by atoms with Crippen LogP contribution in [0.2, 0.25) is 10.0 Å². The molecule has 0 bridgehead atoms. The summed E-state index contributed by atoms with van der Waals surface area (Å²) >= 11 is 12.0. The van der Waals surface area contributed by atoms with Crippen LogP contribution in [0.1, 0.15) is 44.7 Å². The topological polar surface area (TPSA) is 55.1 Å². The van der Waals surface area contributed by atoms with Gasteiger partial charge in [-0.15, -0.1) is 0 Å². The first-order valence-corrected chi connectivity index (χ1v) is 7.64.